The Bertz CT molecular complexity index is 399. The highest BCUT2D eigenvalue weighted by atomic mass is 19.4. The quantitative estimate of drug-likeness (QED) is 0.836. The zero-order valence-corrected chi connectivity index (χ0v) is 9.21. The van der Waals surface area contributed by atoms with E-state index in [4.69, 9.17) is 5.73 Å². The van der Waals surface area contributed by atoms with Crippen LogP contribution in [0.15, 0.2) is 6.20 Å². The highest BCUT2D eigenvalue weighted by molar-refractivity contribution is 5.76. The van der Waals surface area contributed by atoms with Crippen molar-refractivity contribution in [3.63, 3.8) is 0 Å². The van der Waals surface area contributed by atoms with Gasteiger partial charge >= 0.3 is 6.18 Å². The van der Waals surface area contributed by atoms with Crippen LogP contribution in [0.2, 0.25) is 0 Å². The molecule has 0 spiro atoms. The number of hydrogen-bond donors (Lipinski definition) is 2. The van der Waals surface area contributed by atoms with E-state index in [1.54, 1.807) is 7.05 Å². The number of nitrogen functional groups attached to an aromatic ring is 1. The molecule has 0 aliphatic carbocycles. The first-order valence-corrected chi connectivity index (χ1v) is 4.89. The minimum atomic E-state index is -4.31. The van der Waals surface area contributed by atoms with E-state index in [0.717, 1.165) is 0 Å². The van der Waals surface area contributed by atoms with E-state index in [0.29, 0.717) is 11.4 Å². The van der Waals surface area contributed by atoms with Crippen LogP contribution in [0, 0.1) is 0 Å². The lowest BCUT2D eigenvalue weighted by atomic mass is 10.2. The van der Waals surface area contributed by atoms with Gasteiger partial charge in [0.15, 0.2) is 0 Å². The Hall–Kier alpha value is -1.73. The van der Waals surface area contributed by atoms with Crippen LogP contribution >= 0.6 is 0 Å². The average molecular weight is 250 g/mol. The maximum atomic E-state index is 11.8. The SMILES string of the molecule is Cn1ncc(CNC(=O)CCC(F)(F)F)c1N. The number of carbonyl (C=O) groups is 1. The van der Waals surface area contributed by atoms with Gasteiger partial charge in [-0.1, -0.05) is 0 Å². The molecule has 0 aliphatic rings. The molecule has 0 aromatic carbocycles. The fourth-order valence-corrected chi connectivity index (χ4v) is 1.17. The molecule has 5 nitrogen and oxygen atoms in total. The Balaban J connectivity index is 2.36. The molecule has 0 fully saturated rings. The number of aromatic nitrogens is 2. The average Bonchev–Trinajstić information content (AvgIpc) is 2.53. The predicted molar refractivity (Wildman–Crippen MR) is 54.8 cm³/mol. The number of nitrogens with two attached hydrogens (primary N) is 1. The third kappa shape index (κ3) is 4.33. The van der Waals surface area contributed by atoms with Crippen molar-refractivity contribution in [1.82, 2.24) is 15.1 Å². The second kappa shape index (κ2) is 5.07. The lowest BCUT2D eigenvalue weighted by molar-refractivity contribution is -0.144. The highest BCUT2D eigenvalue weighted by Crippen LogP contribution is 2.21. The van der Waals surface area contributed by atoms with Gasteiger partial charge in [-0.3, -0.25) is 9.48 Å². The molecule has 0 saturated heterocycles. The van der Waals surface area contributed by atoms with Crippen LogP contribution < -0.4 is 11.1 Å². The van der Waals surface area contributed by atoms with Crippen LogP contribution in [0.25, 0.3) is 0 Å². The smallest absolute Gasteiger partial charge is 0.384 e. The number of hydrogen-bond acceptors (Lipinski definition) is 3. The van der Waals surface area contributed by atoms with E-state index >= 15 is 0 Å². The molecule has 3 N–H and O–H groups in total. The number of halogens is 3. The maximum absolute atomic E-state index is 11.8. The van der Waals surface area contributed by atoms with Gasteiger partial charge in [-0.05, 0) is 0 Å². The molecule has 0 aliphatic heterocycles. The van der Waals surface area contributed by atoms with E-state index in [9.17, 15) is 18.0 Å². The Kier molecular flexibility index (Phi) is 3.97. The summed E-state index contributed by atoms with van der Waals surface area (Å²) in [7, 11) is 1.63. The number of nitrogens with one attached hydrogen (secondary N) is 1. The first-order chi connectivity index (χ1) is 7.79. The van der Waals surface area contributed by atoms with E-state index in [-0.39, 0.29) is 6.54 Å². The number of aryl methyl sites for hydroxylation is 1. The number of amides is 1. The van der Waals surface area contributed by atoms with Crippen molar-refractivity contribution >= 4 is 11.7 Å². The third-order valence-electron chi connectivity index (χ3n) is 2.18. The molecule has 1 heterocycles. The molecular weight excluding hydrogens is 237 g/mol. The Morgan fingerprint density at radius 1 is 1.59 bits per heavy atom. The summed E-state index contributed by atoms with van der Waals surface area (Å²) in [5, 5.41) is 6.19. The van der Waals surface area contributed by atoms with E-state index in [1.165, 1.54) is 10.9 Å². The largest absolute Gasteiger partial charge is 0.389 e. The van der Waals surface area contributed by atoms with Crippen molar-refractivity contribution < 1.29 is 18.0 Å². The van der Waals surface area contributed by atoms with Crippen molar-refractivity contribution in [2.45, 2.75) is 25.6 Å². The standard InChI is InChI=1S/C9H13F3N4O/c1-16-8(13)6(5-15-16)4-14-7(17)2-3-9(10,11)12/h5H,2-4,13H2,1H3,(H,14,17). The zero-order valence-electron chi connectivity index (χ0n) is 9.21. The molecule has 17 heavy (non-hydrogen) atoms. The number of alkyl halides is 3. The summed E-state index contributed by atoms with van der Waals surface area (Å²) in [4.78, 5) is 11.1. The molecule has 1 rings (SSSR count). The molecule has 0 radical (unpaired) electrons. The highest BCUT2D eigenvalue weighted by Gasteiger charge is 2.27. The summed E-state index contributed by atoms with van der Waals surface area (Å²) < 4.78 is 36.9. The van der Waals surface area contributed by atoms with Gasteiger partial charge < -0.3 is 11.1 Å². The Morgan fingerprint density at radius 2 is 2.24 bits per heavy atom. The number of carbonyl (C=O) groups excluding carboxylic acids is 1. The summed E-state index contributed by atoms with van der Waals surface area (Å²) in [6.45, 7) is 0.0797. The summed E-state index contributed by atoms with van der Waals surface area (Å²) >= 11 is 0. The van der Waals surface area contributed by atoms with E-state index in [2.05, 4.69) is 10.4 Å². The molecular formula is C9H13F3N4O. The van der Waals surface area contributed by atoms with Gasteiger partial charge in [-0.15, -0.1) is 0 Å². The van der Waals surface area contributed by atoms with Crippen molar-refractivity contribution in [2.75, 3.05) is 5.73 Å². The minimum absolute atomic E-state index is 0.0797. The van der Waals surface area contributed by atoms with Gasteiger partial charge in [0.05, 0.1) is 12.6 Å². The second-order valence-corrected chi connectivity index (χ2v) is 3.57. The number of anilines is 1. The Morgan fingerprint density at radius 3 is 2.71 bits per heavy atom. The van der Waals surface area contributed by atoms with Gasteiger partial charge in [0, 0.05) is 25.6 Å². The van der Waals surface area contributed by atoms with Crippen LogP contribution in [-0.4, -0.2) is 21.9 Å². The summed E-state index contributed by atoms with van der Waals surface area (Å²) in [6, 6.07) is 0. The fourth-order valence-electron chi connectivity index (χ4n) is 1.17. The molecule has 0 unspecified atom stereocenters. The van der Waals surface area contributed by atoms with Crippen LogP contribution in [0.4, 0.5) is 19.0 Å². The normalized spacial score (nSPS) is 11.5. The maximum Gasteiger partial charge on any atom is 0.389 e. The van der Waals surface area contributed by atoms with Crippen molar-refractivity contribution in [3.8, 4) is 0 Å². The van der Waals surface area contributed by atoms with Crippen molar-refractivity contribution in [1.29, 1.82) is 0 Å². The fraction of sp³-hybridized carbons (Fsp3) is 0.556. The van der Waals surface area contributed by atoms with Crippen LogP contribution in [0.5, 0.6) is 0 Å². The number of rotatable bonds is 4. The lowest BCUT2D eigenvalue weighted by Gasteiger charge is -2.07. The van der Waals surface area contributed by atoms with Crippen molar-refractivity contribution in [3.05, 3.63) is 11.8 Å². The topological polar surface area (TPSA) is 72.9 Å². The molecule has 1 amide bonds. The van der Waals surface area contributed by atoms with Crippen molar-refractivity contribution in [2.24, 2.45) is 7.05 Å². The predicted octanol–water partition coefficient (Wildman–Crippen LogP) is 0.961. The minimum Gasteiger partial charge on any atom is -0.384 e. The Labute approximate surface area is 95.8 Å². The molecule has 96 valence electrons. The summed E-state index contributed by atoms with van der Waals surface area (Å²) in [6.07, 6.45) is -4.56. The molecule has 0 bridgehead atoms. The molecule has 0 atom stereocenters. The summed E-state index contributed by atoms with van der Waals surface area (Å²) in [5.74, 6) is -0.285. The second-order valence-electron chi connectivity index (χ2n) is 3.57. The lowest BCUT2D eigenvalue weighted by Crippen LogP contribution is -2.24. The monoisotopic (exact) mass is 250 g/mol. The van der Waals surface area contributed by atoms with Gasteiger partial charge in [0.2, 0.25) is 5.91 Å². The zero-order chi connectivity index (χ0) is 13.1. The van der Waals surface area contributed by atoms with Crippen LogP contribution in [0.1, 0.15) is 18.4 Å². The molecule has 0 saturated carbocycles. The van der Waals surface area contributed by atoms with Crippen LogP contribution in [0.3, 0.4) is 0 Å². The first-order valence-electron chi connectivity index (χ1n) is 4.89. The molecule has 1 aromatic heterocycles. The first kappa shape index (κ1) is 13.3. The third-order valence-corrected chi connectivity index (χ3v) is 2.18. The van der Waals surface area contributed by atoms with Gasteiger partial charge in [0.1, 0.15) is 5.82 Å². The molecule has 8 heteroatoms. The van der Waals surface area contributed by atoms with E-state index < -0.39 is 24.9 Å². The molecule has 1 aromatic rings. The number of nitrogens with zero attached hydrogens (tertiary/aromatic N) is 2. The summed E-state index contributed by atoms with van der Waals surface area (Å²) in [5.41, 5.74) is 6.18. The van der Waals surface area contributed by atoms with Gasteiger partial charge in [-0.2, -0.15) is 18.3 Å². The van der Waals surface area contributed by atoms with Crippen LogP contribution in [-0.2, 0) is 18.4 Å². The van der Waals surface area contributed by atoms with E-state index in [1.807, 2.05) is 0 Å². The van der Waals surface area contributed by atoms with Gasteiger partial charge in [0.25, 0.3) is 0 Å². The van der Waals surface area contributed by atoms with Gasteiger partial charge in [-0.25, -0.2) is 0 Å².